The van der Waals surface area contributed by atoms with E-state index in [2.05, 4.69) is 15.3 Å². The molecule has 1 aliphatic rings. The van der Waals surface area contributed by atoms with Crippen LogP contribution in [0.25, 0.3) is 16.2 Å². The van der Waals surface area contributed by atoms with E-state index in [-0.39, 0.29) is 17.9 Å². The molecule has 10 heteroatoms. The molecule has 1 saturated heterocycles. The molecule has 1 aliphatic heterocycles. The van der Waals surface area contributed by atoms with E-state index in [1.807, 2.05) is 42.5 Å². The molecule has 2 amide bonds. The number of carbonyl (C=O) groups excluding carboxylic acids is 2. The molecule has 0 spiro atoms. The van der Waals surface area contributed by atoms with Gasteiger partial charge in [0.15, 0.2) is 4.96 Å². The Morgan fingerprint density at radius 3 is 2.72 bits per heavy atom. The number of nitrogens with one attached hydrogen (secondary N) is 1. The van der Waals surface area contributed by atoms with E-state index in [0.717, 1.165) is 22.0 Å². The molecule has 32 heavy (non-hydrogen) atoms. The number of hydrogen-bond donors (Lipinski definition) is 1. The molecule has 1 aromatic carbocycles. The van der Waals surface area contributed by atoms with Crippen LogP contribution in [0.3, 0.4) is 0 Å². The van der Waals surface area contributed by atoms with Gasteiger partial charge in [-0.2, -0.15) is 0 Å². The quantitative estimate of drug-likeness (QED) is 0.453. The molecule has 1 unspecified atom stereocenters. The monoisotopic (exact) mass is 485 g/mol. The van der Waals surface area contributed by atoms with E-state index in [1.54, 1.807) is 16.5 Å². The average Bonchev–Trinajstić information content (AvgIpc) is 3.41. The third-order valence-corrected chi connectivity index (χ3v) is 7.57. The van der Waals surface area contributed by atoms with E-state index < -0.39 is 0 Å². The third kappa shape index (κ3) is 3.70. The Morgan fingerprint density at radius 2 is 2.00 bits per heavy atom. The molecule has 4 heterocycles. The number of fused-ring (bicyclic) bond motifs is 1. The fourth-order valence-corrected chi connectivity index (χ4v) is 5.67. The number of thiazole rings is 2. The summed E-state index contributed by atoms with van der Waals surface area (Å²) in [6.07, 6.45) is 2.69. The highest BCUT2D eigenvalue weighted by Gasteiger charge is 2.35. The van der Waals surface area contributed by atoms with Crippen molar-refractivity contribution in [3.63, 3.8) is 0 Å². The zero-order chi connectivity index (χ0) is 22.4. The number of nitrogens with zero attached hydrogens (tertiary/aromatic N) is 4. The maximum atomic E-state index is 13.3. The van der Waals surface area contributed by atoms with Crippen LogP contribution in [0.1, 0.15) is 37.3 Å². The first-order valence-electron chi connectivity index (χ1n) is 10.2. The highest BCUT2D eigenvalue weighted by molar-refractivity contribution is 7.15. The number of imidazole rings is 1. The summed E-state index contributed by atoms with van der Waals surface area (Å²) >= 11 is 8.89. The van der Waals surface area contributed by atoms with Crippen LogP contribution in [0.15, 0.2) is 35.8 Å². The molecule has 4 aromatic rings. The highest BCUT2D eigenvalue weighted by Crippen LogP contribution is 2.32. The van der Waals surface area contributed by atoms with Gasteiger partial charge in [0.2, 0.25) is 0 Å². The number of carbonyl (C=O) groups is 2. The van der Waals surface area contributed by atoms with Crippen LogP contribution in [0.2, 0.25) is 5.02 Å². The Morgan fingerprint density at radius 1 is 1.22 bits per heavy atom. The van der Waals surface area contributed by atoms with Gasteiger partial charge in [0.05, 0.1) is 22.4 Å². The van der Waals surface area contributed by atoms with Crippen molar-refractivity contribution in [1.29, 1.82) is 0 Å². The lowest BCUT2D eigenvalue weighted by Crippen LogP contribution is -2.55. The summed E-state index contributed by atoms with van der Waals surface area (Å²) < 4.78 is 1.80. The van der Waals surface area contributed by atoms with E-state index in [0.29, 0.717) is 40.1 Å². The number of aromatic nitrogens is 3. The normalized spacial score (nSPS) is 15.7. The SMILES string of the molecule is Cc1nc(-c2ccc(Cl)cc2)c(C(=O)N2CCC2CNC(=O)c2c(C)nc3sccn23)s1. The van der Waals surface area contributed by atoms with Crippen LogP contribution in [0.5, 0.6) is 0 Å². The van der Waals surface area contributed by atoms with Crippen LogP contribution in [0, 0.1) is 13.8 Å². The molecular formula is C22H20ClN5O2S2. The van der Waals surface area contributed by atoms with Crippen LogP contribution in [-0.2, 0) is 0 Å². The van der Waals surface area contributed by atoms with Crippen LogP contribution < -0.4 is 5.32 Å². The first kappa shape index (κ1) is 21.1. The fraction of sp³-hybridized carbons (Fsp3) is 0.273. The number of amides is 2. The van der Waals surface area contributed by atoms with Gasteiger partial charge in [0.25, 0.3) is 11.8 Å². The van der Waals surface area contributed by atoms with Gasteiger partial charge in [-0.15, -0.1) is 22.7 Å². The zero-order valence-corrected chi connectivity index (χ0v) is 19.9. The lowest BCUT2D eigenvalue weighted by molar-refractivity contribution is 0.0461. The van der Waals surface area contributed by atoms with Gasteiger partial charge in [0, 0.05) is 35.3 Å². The molecule has 164 valence electrons. The molecule has 5 rings (SSSR count). The van der Waals surface area contributed by atoms with Gasteiger partial charge >= 0.3 is 0 Å². The van der Waals surface area contributed by atoms with Crippen molar-refractivity contribution in [2.45, 2.75) is 26.3 Å². The molecule has 0 saturated carbocycles. The van der Waals surface area contributed by atoms with E-state index in [4.69, 9.17) is 11.6 Å². The average molecular weight is 486 g/mol. The summed E-state index contributed by atoms with van der Waals surface area (Å²) in [6.45, 7) is 4.79. The molecule has 1 atom stereocenters. The Hall–Kier alpha value is -2.75. The lowest BCUT2D eigenvalue weighted by Gasteiger charge is -2.41. The van der Waals surface area contributed by atoms with Crippen molar-refractivity contribution >= 4 is 51.0 Å². The lowest BCUT2D eigenvalue weighted by atomic mass is 10.0. The molecule has 1 fully saturated rings. The number of benzene rings is 1. The Balaban J connectivity index is 1.30. The molecule has 0 radical (unpaired) electrons. The van der Waals surface area contributed by atoms with Crippen LogP contribution in [0.4, 0.5) is 0 Å². The first-order valence-corrected chi connectivity index (χ1v) is 12.2. The summed E-state index contributed by atoms with van der Waals surface area (Å²) in [7, 11) is 0. The number of rotatable bonds is 5. The zero-order valence-electron chi connectivity index (χ0n) is 17.5. The van der Waals surface area contributed by atoms with E-state index >= 15 is 0 Å². The van der Waals surface area contributed by atoms with Crippen molar-refractivity contribution in [1.82, 2.24) is 24.6 Å². The molecule has 7 nitrogen and oxygen atoms in total. The number of likely N-dealkylation sites (tertiary alicyclic amines) is 1. The number of hydrogen-bond acceptors (Lipinski definition) is 6. The first-order chi connectivity index (χ1) is 15.4. The summed E-state index contributed by atoms with van der Waals surface area (Å²) in [5.74, 6) is -0.227. The minimum atomic E-state index is -0.178. The van der Waals surface area contributed by atoms with Gasteiger partial charge < -0.3 is 10.2 Å². The second-order valence-corrected chi connectivity index (χ2v) is 10.2. The summed E-state index contributed by atoms with van der Waals surface area (Å²) in [5.41, 5.74) is 2.78. The molecule has 1 N–H and O–H groups in total. The minimum Gasteiger partial charge on any atom is -0.349 e. The standard InChI is InChI=1S/C22H20ClN5O2S2/c1-12-18(28-9-10-31-22(28)25-12)20(29)24-11-16-7-8-27(16)21(30)19-17(26-13(2)32-19)14-3-5-15(23)6-4-14/h3-6,9-10,16H,7-8,11H2,1-2H3,(H,24,29). The number of aryl methyl sites for hydroxylation is 2. The van der Waals surface area contributed by atoms with E-state index in [1.165, 1.54) is 22.7 Å². The number of halogens is 1. The van der Waals surface area contributed by atoms with Gasteiger partial charge in [-0.3, -0.25) is 14.0 Å². The van der Waals surface area contributed by atoms with Gasteiger partial charge in [-0.25, -0.2) is 9.97 Å². The van der Waals surface area contributed by atoms with Gasteiger partial charge in [0.1, 0.15) is 10.6 Å². The van der Waals surface area contributed by atoms with Crippen molar-refractivity contribution in [3.8, 4) is 11.3 Å². The van der Waals surface area contributed by atoms with Crippen molar-refractivity contribution in [2.24, 2.45) is 0 Å². The molecule has 0 aliphatic carbocycles. The Kier molecular flexibility index (Phi) is 5.48. The van der Waals surface area contributed by atoms with Crippen molar-refractivity contribution in [3.05, 3.63) is 62.1 Å². The van der Waals surface area contributed by atoms with E-state index in [9.17, 15) is 9.59 Å². The Labute approximate surface area is 197 Å². The maximum absolute atomic E-state index is 13.3. The second-order valence-electron chi connectivity index (χ2n) is 7.67. The molecule has 0 bridgehead atoms. The predicted molar refractivity (Wildman–Crippen MR) is 127 cm³/mol. The second kappa shape index (κ2) is 8.31. The smallest absolute Gasteiger partial charge is 0.270 e. The summed E-state index contributed by atoms with van der Waals surface area (Å²) in [6, 6.07) is 7.30. The fourth-order valence-electron chi connectivity index (χ4n) is 3.89. The predicted octanol–water partition coefficient (Wildman–Crippen LogP) is 4.43. The highest BCUT2D eigenvalue weighted by atomic mass is 35.5. The largest absolute Gasteiger partial charge is 0.349 e. The van der Waals surface area contributed by atoms with Gasteiger partial charge in [-0.05, 0) is 32.4 Å². The van der Waals surface area contributed by atoms with Crippen LogP contribution in [-0.4, -0.2) is 50.2 Å². The van der Waals surface area contributed by atoms with Crippen molar-refractivity contribution < 1.29 is 9.59 Å². The topological polar surface area (TPSA) is 79.6 Å². The summed E-state index contributed by atoms with van der Waals surface area (Å²) in [5, 5.41) is 6.36. The minimum absolute atomic E-state index is 0.0434. The molecular weight excluding hydrogens is 466 g/mol. The summed E-state index contributed by atoms with van der Waals surface area (Å²) in [4.78, 5) is 38.4. The maximum Gasteiger partial charge on any atom is 0.270 e. The van der Waals surface area contributed by atoms with Crippen LogP contribution >= 0.6 is 34.3 Å². The molecule has 3 aromatic heterocycles. The Bertz CT molecular complexity index is 1320. The van der Waals surface area contributed by atoms with Crippen molar-refractivity contribution in [2.75, 3.05) is 13.1 Å². The van der Waals surface area contributed by atoms with Gasteiger partial charge in [-0.1, -0.05) is 23.7 Å². The third-order valence-electron chi connectivity index (χ3n) is 5.60.